The highest BCUT2D eigenvalue weighted by molar-refractivity contribution is 7.89. The van der Waals surface area contributed by atoms with Crippen molar-refractivity contribution in [1.82, 2.24) is 9.78 Å². The quantitative estimate of drug-likeness (QED) is 0.734. The Morgan fingerprint density at radius 2 is 1.70 bits per heavy atom. The van der Waals surface area contributed by atoms with Crippen molar-refractivity contribution in [2.24, 2.45) is 5.14 Å². The first-order valence-corrected chi connectivity index (χ1v) is 9.10. The first kappa shape index (κ1) is 18.9. The number of aromatic nitrogens is 2. The molecule has 3 aromatic rings. The fraction of sp³-hybridized carbons (Fsp3) is 0.118. The Kier molecular flexibility index (Phi) is 4.70. The SMILES string of the molecule is [11CH3]Oc1ccccc1-c1cc(C(F)(F)F)nn1-c1ccc(S(N)(=O)=O)cc1. The van der Waals surface area contributed by atoms with Crippen LogP contribution in [-0.2, 0) is 16.2 Å². The summed E-state index contributed by atoms with van der Waals surface area (Å²) in [5, 5.41) is 8.70. The van der Waals surface area contributed by atoms with Gasteiger partial charge in [-0.05, 0) is 42.5 Å². The highest BCUT2D eigenvalue weighted by Crippen LogP contribution is 2.36. The molecular weight excluding hydrogens is 382 g/mol. The fourth-order valence-electron chi connectivity index (χ4n) is 2.54. The molecule has 1 aromatic heterocycles. The van der Waals surface area contributed by atoms with Gasteiger partial charge >= 0.3 is 6.18 Å². The van der Waals surface area contributed by atoms with Gasteiger partial charge in [-0.15, -0.1) is 0 Å². The van der Waals surface area contributed by atoms with Crippen molar-refractivity contribution < 1.29 is 26.3 Å². The molecule has 2 aromatic carbocycles. The summed E-state index contributed by atoms with van der Waals surface area (Å²) in [4.78, 5) is -0.159. The number of halogens is 3. The number of primary sulfonamides is 1. The van der Waals surface area contributed by atoms with Crippen LogP contribution in [0, 0.1) is 0 Å². The van der Waals surface area contributed by atoms with Gasteiger partial charge in [0.2, 0.25) is 10.0 Å². The van der Waals surface area contributed by atoms with Gasteiger partial charge in [0.1, 0.15) is 5.75 Å². The highest BCUT2D eigenvalue weighted by Gasteiger charge is 2.35. The van der Waals surface area contributed by atoms with Crippen LogP contribution in [0.1, 0.15) is 5.69 Å². The molecule has 2 N–H and O–H groups in total. The van der Waals surface area contributed by atoms with E-state index in [4.69, 9.17) is 9.88 Å². The van der Waals surface area contributed by atoms with E-state index >= 15 is 0 Å². The van der Waals surface area contributed by atoms with Crippen LogP contribution in [0.25, 0.3) is 16.9 Å². The summed E-state index contributed by atoms with van der Waals surface area (Å²) in [6.07, 6.45) is -4.65. The predicted octanol–water partition coefficient (Wildman–Crippen LogP) is 3.21. The average Bonchev–Trinajstić information content (AvgIpc) is 3.06. The maximum atomic E-state index is 13.2. The van der Waals surface area contributed by atoms with Gasteiger partial charge in [0.25, 0.3) is 0 Å². The molecule has 3 rings (SSSR count). The van der Waals surface area contributed by atoms with Crippen LogP contribution in [0.2, 0.25) is 0 Å². The van der Waals surface area contributed by atoms with Gasteiger partial charge in [0, 0.05) is 5.56 Å². The van der Waals surface area contributed by atoms with Crippen molar-refractivity contribution in [3.63, 3.8) is 0 Å². The number of hydrogen-bond acceptors (Lipinski definition) is 4. The van der Waals surface area contributed by atoms with Crippen LogP contribution < -0.4 is 9.88 Å². The van der Waals surface area contributed by atoms with Gasteiger partial charge in [-0.2, -0.15) is 18.3 Å². The third-order valence-electron chi connectivity index (χ3n) is 3.79. The Morgan fingerprint density at radius 1 is 1.07 bits per heavy atom. The summed E-state index contributed by atoms with van der Waals surface area (Å²) in [5.74, 6) is 0.369. The van der Waals surface area contributed by atoms with Crippen LogP contribution in [0.5, 0.6) is 5.75 Å². The van der Waals surface area contributed by atoms with Crippen molar-refractivity contribution in [1.29, 1.82) is 0 Å². The molecule has 0 saturated heterocycles. The molecule has 0 radical (unpaired) electrons. The zero-order valence-electron chi connectivity index (χ0n) is 13.9. The summed E-state index contributed by atoms with van der Waals surface area (Å²) >= 11 is 0. The molecule has 0 amide bonds. The van der Waals surface area contributed by atoms with E-state index in [1.54, 1.807) is 24.3 Å². The van der Waals surface area contributed by atoms with Gasteiger partial charge in [-0.3, -0.25) is 0 Å². The maximum Gasteiger partial charge on any atom is 0.435 e. The summed E-state index contributed by atoms with van der Waals surface area (Å²) in [5.41, 5.74) is -0.306. The van der Waals surface area contributed by atoms with E-state index in [1.807, 2.05) is 0 Å². The number of nitrogens with zero attached hydrogens (tertiary/aromatic N) is 2. The van der Waals surface area contributed by atoms with E-state index in [0.29, 0.717) is 11.3 Å². The average molecular weight is 396 g/mol. The van der Waals surface area contributed by atoms with Crippen LogP contribution in [0.4, 0.5) is 13.2 Å². The Hall–Kier alpha value is -2.85. The van der Waals surface area contributed by atoms with Crippen molar-refractivity contribution in [2.75, 3.05) is 7.11 Å². The van der Waals surface area contributed by atoms with Crippen molar-refractivity contribution in [3.8, 4) is 22.7 Å². The minimum absolute atomic E-state index is 0.142. The number of alkyl halides is 3. The minimum atomic E-state index is -4.65. The number of rotatable bonds is 4. The lowest BCUT2D eigenvalue weighted by Gasteiger charge is -2.11. The van der Waals surface area contributed by atoms with Crippen molar-refractivity contribution in [3.05, 3.63) is 60.3 Å². The van der Waals surface area contributed by atoms with Crippen LogP contribution in [0.3, 0.4) is 0 Å². The van der Waals surface area contributed by atoms with Gasteiger partial charge in [0.15, 0.2) is 5.69 Å². The first-order valence-electron chi connectivity index (χ1n) is 7.55. The molecule has 0 unspecified atom stereocenters. The molecule has 6 nitrogen and oxygen atoms in total. The molecular formula is C17H14F3N3O3S. The molecule has 10 heteroatoms. The van der Waals surface area contributed by atoms with E-state index in [-0.39, 0.29) is 16.3 Å². The summed E-state index contributed by atoms with van der Waals surface area (Å²) < 4.78 is 68.7. The predicted molar refractivity (Wildman–Crippen MR) is 91.9 cm³/mol. The standard InChI is InChI=1S/C17H14F3N3O3S/c1-26-15-5-3-2-4-13(15)14-10-16(17(18,19)20)22-23(14)11-6-8-12(9-7-11)27(21,24)25/h2-10H,1H3,(H2,21,24,25)/i1-1. The monoisotopic (exact) mass is 396 g/mol. The number of ether oxygens (including phenoxy) is 1. The molecule has 27 heavy (non-hydrogen) atoms. The summed E-state index contributed by atoms with van der Waals surface area (Å²) in [7, 11) is -2.51. The van der Waals surface area contributed by atoms with E-state index in [2.05, 4.69) is 5.10 Å². The van der Waals surface area contributed by atoms with Gasteiger partial charge in [-0.25, -0.2) is 18.2 Å². The smallest absolute Gasteiger partial charge is 0.435 e. The number of hydrogen-bond donors (Lipinski definition) is 1. The van der Waals surface area contributed by atoms with Crippen molar-refractivity contribution >= 4 is 10.0 Å². The number of para-hydroxylation sites is 1. The maximum absolute atomic E-state index is 13.2. The lowest BCUT2D eigenvalue weighted by atomic mass is 10.1. The zero-order chi connectivity index (χ0) is 19.8. The summed E-state index contributed by atoms with van der Waals surface area (Å²) in [6.45, 7) is 0. The van der Waals surface area contributed by atoms with Gasteiger partial charge in [-0.1, -0.05) is 12.1 Å². The van der Waals surface area contributed by atoms with Crippen LogP contribution in [-0.4, -0.2) is 25.3 Å². The largest absolute Gasteiger partial charge is 0.496 e. The lowest BCUT2D eigenvalue weighted by Crippen LogP contribution is -2.12. The first-order chi connectivity index (χ1) is 12.6. The Labute approximate surface area is 153 Å². The highest BCUT2D eigenvalue weighted by atomic mass is 32.2. The number of nitrogens with two attached hydrogens (primary N) is 1. The van der Waals surface area contributed by atoms with Gasteiger partial charge in [0.05, 0.1) is 23.4 Å². The second-order valence-electron chi connectivity index (χ2n) is 5.56. The molecule has 0 aliphatic carbocycles. The molecule has 1 heterocycles. The minimum Gasteiger partial charge on any atom is -0.496 e. The molecule has 0 aliphatic rings. The molecule has 0 aliphatic heterocycles. The lowest BCUT2D eigenvalue weighted by molar-refractivity contribution is -0.141. The van der Waals surface area contributed by atoms with E-state index in [1.165, 1.54) is 31.4 Å². The van der Waals surface area contributed by atoms with Crippen molar-refractivity contribution in [2.45, 2.75) is 11.1 Å². The molecule has 0 atom stereocenters. The van der Waals surface area contributed by atoms with E-state index in [0.717, 1.165) is 10.7 Å². The zero-order valence-corrected chi connectivity index (χ0v) is 14.8. The number of methoxy groups -OCH3 is 1. The number of benzene rings is 2. The Morgan fingerprint density at radius 3 is 2.26 bits per heavy atom. The summed E-state index contributed by atoms with van der Waals surface area (Å²) in [6, 6.07) is 12.5. The second kappa shape index (κ2) is 6.71. The second-order valence-corrected chi connectivity index (χ2v) is 7.12. The third kappa shape index (κ3) is 3.81. The fourth-order valence-corrected chi connectivity index (χ4v) is 3.06. The molecule has 0 bridgehead atoms. The van der Waals surface area contributed by atoms with E-state index < -0.39 is 21.9 Å². The van der Waals surface area contributed by atoms with Gasteiger partial charge < -0.3 is 4.74 Å². The third-order valence-corrected chi connectivity index (χ3v) is 4.72. The van der Waals surface area contributed by atoms with Crippen LogP contribution in [0.15, 0.2) is 59.5 Å². The molecule has 0 saturated carbocycles. The molecule has 142 valence electrons. The van der Waals surface area contributed by atoms with E-state index in [9.17, 15) is 21.6 Å². The normalized spacial score (nSPS) is 12.2. The Bertz CT molecular complexity index is 1070. The molecule has 0 spiro atoms. The van der Waals surface area contributed by atoms with Crippen LogP contribution >= 0.6 is 0 Å². The number of sulfonamides is 1. The molecule has 0 fully saturated rings. The Balaban J connectivity index is 2.21. The topological polar surface area (TPSA) is 87.2 Å².